The molecule has 0 fully saturated rings. The summed E-state index contributed by atoms with van der Waals surface area (Å²) in [5, 5.41) is 31.9. The summed E-state index contributed by atoms with van der Waals surface area (Å²) >= 11 is 0. The van der Waals surface area contributed by atoms with E-state index in [1.165, 1.54) is 12.3 Å². The SMILES string of the molecule is Cc1ccc(N=Cc2cc([N+](=O)[O-])ccc2[O-])c(O)c1. The second kappa shape index (κ2) is 5.40. The summed E-state index contributed by atoms with van der Waals surface area (Å²) in [6, 6.07) is 8.31. The highest BCUT2D eigenvalue weighted by Gasteiger charge is 2.05. The van der Waals surface area contributed by atoms with Crippen molar-refractivity contribution in [1.29, 1.82) is 0 Å². The van der Waals surface area contributed by atoms with E-state index in [-0.39, 0.29) is 22.7 Å². The van der Waals surface area contributed by atoms with Crippen molar-refractivity contribution >= 4 is 17.6 Å². The van der Waals surface area contributed by atoms with Gasteiger partial charge in [-0.2, -0.15) is 0 Å². The largest absolute Gasteiger partial charge is 0.872 e. The number of nitro groups is 1. The Kier molecular flexibility index (Phi) is 3.65. The van der Waals surface area contributed by atoms with E-state index >= 15 is 0 Å². The molecule has 0 aliphatic carbocycles. The molecule has 0 unspecified atom stereocenters. The van der Waals surface area contributed by atoms with E-state index in [1.807, 2.05) is 6.92 Å². The lowest BCUT2D eigenvalue weighted by molar-refractivity contribution is -0.385. The van der Waals surface area contributed by atoms with Gasteiger partial charge in [-0.1, -0.05) is 17.9 Å². The highest BCUT2D eigenvalue weighted by atomic mass is 16.6. The van der Waals surface area contributed by atoms with Crippen LogP contribution in [0.3, 0.4) is 0 Å². The Bertz CT molecular complexity index is 696. The number of non-ortho nitro benzene ring substituents is 1. The fourth-order valence-corrected chi connectivity index (χ4v) is 1.63. The maximum absolute atomic E-state index is 11.6. The minimum absolute atomic E-state index is 0.0147. The van der Waals surface area contributed by atoms with Gasteiger partial charge in [-0.25, -0.2) is 0 Å². The maximum atomic E-state index is 11.6. The van der Waals surface area contributed by atoms with Gasteiger partial charge in [0, 0.05) is 18.3 Å². The number of hydrogen-bond acceptors (Lipinski definition) is 5. The normalized spacial score (nSPS) is 10.8. The van der Waals surface area contributed by atoms with Crippen molar-refractivity contribution in [2.24, 2.45) is 4.99 Å². The number of phenols is 1. The Balaban J connectivity index is 2.35. The van der Waals surface area contributed by atoms with Crippen molar-refractivity contribution < 1.29 is 15.1 Å². The molecule has 0 aromatic heterocycles. The zero-order chi connectivity index (χ0) is 14.7. The monoisotopic (exact) mass is 271 g/mol. The Labute approximate surface area is 114 Å². The topological polar surface area (TPSA) is 98.8 Å². The van der Waals surface area contributed by atoms with E-state index in [0.717, 1.165) is 23.8 Å². The molecular weight excluding hydrogens is 260 g/mol. The Morgan fingerprint density at radius 3 is 2.65 bits per heavy atom. The lowest BCUT2D eigenvalue weighted by Gasteiger charge is -2.08. The third-order valence-electron chi connectivity index (χ3n) is 2.68. The number of nitrogens with zero attached hydrogens (tertiary/aromatic N) is 2. The molecule has 0 saturated carbocycles. The Morgan fingerprint density at radius 2 is 2.00 bits per heavy atom. The van der Waals surface area contributed by atoms with E-state index < -0.39 is 4.92 Å². The Morgan fingerprint density at radius 1 is 1.25 bits per heavy atom. The van der Waals surface area contributed by atoms with Gasteiger partial charge < -0.3 is 10.2 Å². The van der Waals surface area contributed by atoms with Crippen molar-refractivity contribution in [1.82, 2.24) is 0 Å². The third-order valence-corrected chi connectivity index (χ3v) is 2.68. The van der Waals surface area contributed by atoms with Crippen molar-refractivity contribution in [2.75, 3.05) is 0 Å². The van der Waals surface area contributed by atoms with Crippen LogP contribution in [0.5, 0.6) is 11.5 Å². The molecule has 0 heterocycles. The van der Waals surface area contributed by atoms with Crippen molar-refractivity contribution in [3.63, 3.8) is 0 Å². The van der Waals surface area contributed by atoms with Crippen LogP contribution in [0.4, 0.5) is 11.4 Å². The maximum Gasteiger partial charge on any atom is 0.270 e. The lowest BCUT2D eigenvalue weighted by Crippen LogP contribution is -1.98. The van der Waals surface area contributed by atoms with Gasteiger partial charge in [-0.05, 0) is 30.2 Å². The Hall–Kier alpha value is -2.89. The van der Waals surface area contributed by atoms with Crippen molar-refractivity contribution in [2.45, 2.75) is 6.92 Å². The smallest absolute Gasteiger partial charge is 0.270 e. The molecule has 0 radical (unpaired) electrons. The number of benzene rings is 2. The first-order valence-electron chi connectivity index (χ1n) is 5.76. The van der Waals surface area contributed by atoms with Gasteiger partial charge >= 0.3 is 0 Å². The van der Waals surface area contributed by atoms with Crippen LogP contribution in [0.15, 0.2) is 41.4 Å². The molecule has 2 aromatic carbocycles. The predicted octanol–water partition coefficient (Wildman–Crippen LogP) is 2.43. The molecule has 0 amide bonds. The van der Waals surface area contributed by atoms with Gasteiger partial charge in [-0.3, -0.25) is 15.1 Å². The first-order chi connectivity index (χ1) is 9.47. The molecule has 0 saturated heterocycles. The molecule has 0 aliphatic heterocycles. The summed E-state index contributed by atoms with van der Waals surface area (Å²) in [6.07, 6.45) is 1.21. The summed E-state index contributed by atoms with van der Waals surface area (Å²) in [4.78, 5) is 14.0. The number of aryl methyl sites for hydroxylation is 1. The fourth-order valence-electron chi connectivity index (χ4n) is 1.63. The van der Waals surface area contributed by atoms with Gasteiger partial charge in [0.1, 0.15) is 11.4 Å². The van der Waals surface area contributed by atoms with Crippen LogP contribution in [0.2, 0.25) is 0 Å². The quantitative estimate of drug-likeness (QED) is 0.526. The molecule has 20 heavy (non-hydrogen) atoms. The van der Waals surface area contributed by atoms with Crippen molar-refractivity contribution in [3.05, 3.63) is 57.6 Å². The average molecular weight is 271 g/mol. The van der Waals surface area contributed by atoms with Crippen LogP contribution in [-0.2, 0) is 0 Å². The molecule has 0 spiro atoms. The van der Waals surface area contributed by atoms with Gasteiger partial charge in [0.2, 0.25) is 0 Å². The summed E-state index contributed by atoms with van der Waals surface area (Å²) in [7, 11) is 0. The molecular formula is C14H11N2O4-. The van der Waals surface area contributed by atoms with Crippen LogP contribution in [0, 0.1) is 17.0 Å². The van der Waals surface area contributed by atoms with Crippen LogP contribution in [0.25, 0.3) is 0 Å². The standard InChI is InChI=1S/C14H12N2O4/c1-9-2-4-12(14(18)6-9)15-8-10-7-11(16(19)20)3-5-13(10)17/h2-8,17-18H,1H3/p-1. The van der Waals surface area contributed by atoms with Crippen molar-refractivity contribution in [3.8, 4) is 11.5 Å². The van der Waals surface area contributed by atoms with Gasteiger partial charge in [0.15, 0.2) is 0 Å². The fraction of sp³-hybridized carbons (Fsp3) is 0.0714. The zero-order valence-corrected chi connectivity index (χ0v) is 10.6. The van der Waals surface area contributed by atoms with Crippen LogP contribution < -0.4 is 5.11 Å². The first-order valence-corrected chi connectivity index (χ1v) is 5.76. The molecule has 0 bridgehead atoms. The third kappa shape index (κ3) is 2.92. The van der Waals surface area contributed by atoms with E-state index in [4.69, 9.17) is 0 Å². The second-order valence-electron chi connectivity index (χ2n) is 4.23. The minimum atomic E-state index is -0.583. The van der Waals surface area contributed by atoms with E-state index in [1.54, 1.807) is 12.1 Å². The molecule has 0 aliphatic rings. The van der Waals surface area contributed by atoms with Crippen LogP contribution in [-0.4, -0.2) is 16.2 Å². The summed E-state index contributed by atoms with van der Waals surface area (Å²) in [5.74, 6) is -0.384. The summed E-state index contributed by atoms with van der Waals surface area (Å²) in [5.41, 5.74) is 1.08. The number of hydrogen-bond donors (Lipinski definition) is 1. The first kappa shape index (κ1) is 13.5. The van der Waals surface area contributed by atoms with Crippen LogP contribution >= 0.6 is 0 Å². The number of rotatable bonds is 3. The molecule has 6 heteroatoms. The van der Waals surface area contributed by atoms with Gasteiger partial charge in [0.25, 0.3) is 5.69 Å². The number of nitro benzene ring substituents is 1. The van der Waals surface area contributed by atoms with Crippen LogP contribution in [0.1, 0.15) is 11.1 Å². The second-order valence-corrected chi connectivity index (χ2v) is 4.23. The zero-order valence-electron chi connectivity index (χ0n) is 10.6. The summed E-state index contributed by atoms with van der Waals surface area (Å²) in [6.45, 7) is 1.82. The molecule has 2 aromatic rings. The summed E-state index contributed by atoms with van der Waals surface area (Å²) < 4.78 is 0. The van der Waals surface area contributed by atoms with E-state index in [9.17, 15) is 20.3 Å². The predicted molar refractivity (Wildman–Crippen MR) is 72.6 cm³/mol. The number of aromatic hydroxyl groups is 1. The minimum Gasteiger partial charge on any atom is -0.872 e. The molecule has 102 valence electrons. The average Bonchev–Trinajstić information content (AvgIpc) is 2.39. The highest BCUT2D eigenvalue weighted by molar-refractivity contribution is 5.86. The number of phenolic OH excluding ortho intramolecular Hbond substituents is 1. The molecule has 0 atom stereocenters. The number of aliphatic imine (C=N–C) groups is 1. The van der Waals surface area contributed by atoms with Gasteiger partial charge in [-0.15, -0.1) is 0 Å². The van der Waals surface area contributed by atoms with E-state index in [0.29, 0.717) is 5.69 Å². The van der Waals surface area contributed by atoms with Gasteiger partial charge in [0.05, 0.1) is 4.92 Å². The lowest BCUT2D eigenvalue weighted by atomic mass is 10.2. The molecule has 6 nitrogen and oxygen atoms in total. The molecule has 1 N–H and O–H groups in total. The highest BCUT2D eigenvalue weighted by Crippen LogP contribution is 2.27. The van der Waals surface area contributed by atoms with E-state index in [2.05, 4.69) is 4.99 Å². The molecule has 2 rings (SSSR count).